The first kappa shape index (κ1) is 14.5. The zero-order valence-electron chi connectivity index (χ0n) is 11.4. The van der Waals surface area contributed by atoms with Crippen LogP contribution in [0.4, 0.5) is 0 Å². The average Bonchev–Trinajstić information content (AvgIpc) is 2.75. The lowest BCUT2D eigenvalue weighted by Crippen LogP contribution is -2.48. The fourth-order valence-corrected chi connectivity index (χ4v) is 2.24. The number of nitrogens with zero attached hydrogens (tertiary/aromatic N) is 1. The highest BCUT2D eigenvalue weighted by molar-refractivity contribution is 5.79. The maximum absolute atomic E-state index is 11.6. The molecule has 4 heteroatoms. The molecule has 0 bridgehead atoms. The zero-order valence-corrected chi connectivity index (χ0v) is 11.4. The Labute approximate surface area is 104 Å². The van der Waals surface area contributed by atoms with Gasteiger partial charge in [-0.2, -0.15) is 0 Å². The van der Waals surface area contributed by atoms with E-state index < -0.39 is 5.54 Å². The molecule has 100 valence electrons. The van der Waals surface area contributed by atoms with Crippen LogP contribution in [-0.4, -0.2) is 42.6 Å². The summed E-state index contributed by atoms with van der Waals surface area (Å²) in [6.07, 6.45) is 3.19. The van der Waals surface area contributed by atoms with Gasteiger partial charge in [-0.25, -0.2) is 0 Å². The van der Waals surface area contributed by atoms with Crippen LogP contribution in [0.1, 0.15) is 40.0 Å². The van der Waals surface area contributed by atoms with Gasteiger partial charge < -0.3 is 15.4 Å². The van der Waals surface area contributed by atoms with Crippen LogP contribution in [0.15, 0.2) is 0 Å². The topological polar surface area (TPSA) is 55.6 Å². The molecule has 17 heavy (non-hydrogen) atoms. The number of ether oxygens (including phenoxy) is 1. The summed E-state index contributed by atoms with van der Waals surface area (Å²) >= 11 is 0. The lowest BCUT2D eigenvalue weighted by Gasteiger charge is -2.25. The number of likely N-dealkylation sites (tertiary alicyclic amines) is 1. The van der Waals surface area contributed by atoms with Crippen molar-refractivity contribution in [2.24, 2.45) is 11.7 Å². The lowest BCUT2D eigenvalue weighted by molar-refractivity contribution is -0.149. The molecule has 0 aromatic rings. The van der Waals surface area contributed by atoms with Gasteiger partial charge in [-0.3, -0.25) is 4.79 Å². The summed E-state index contributed by atoms with van der Waals surface area (Å²) in [6, 6.07) is 0. The molecule has 0 amide bonds. The van der Waals surface area contributed by atoms with E-state index in [2.05, 4.69) is 11.8 Å². The molecule has 2 atom stereocenters. The molecular weight excluding hydrogens is 216 g/mol. The molecule has 1 aliphatic rings. The molecule has 1 saturated heterocycles. The monoisotopic (exact) mass is 242 g/mol. The van der Waals surface area contributed by atoms with E-state index in [0.717, 1.165) is 25.6 Å². The van der Waals surface area contributed by atoms with E-state index in [-0.39, 0.29) is 5.97 Å². The van der Waals surface area contributed by atoms with Crippen molar-refractivity contribution in [1.82, 2.24) is 4.90 Å². The number of hydrogen-bond donors (Lipinski definition) is 1. The van der Waals surface area contributed by atoms with Crippen LogP contribution in [-0.2, 0) is 9.53 Å². The summed E-state index contributed by atoms with van der Waals surface area (Å²) in [5, 5.41) is 0. The number of nitrogens with two attached hydrogens (primary N) is 1. The molecule has 0 radical (unpaired) electrons. The van der Waals surface area contributed by atoms with Crippen LogP contribution in [0.3, 0.4) is 0 Å². The fraction of sp³-hybridized carbons (Fsp3) is 0.923. The third-order valence-electron chi connectivity index (χ3n) is 3.64. The van der Waals surface area contributed by atoms with Gasteiger partial charge in [0.25, 0.3) is 0 Å². The van der Waals surface area contributed by atoms with Crippen LogP contribution < -0.4 is 5.73 Å². The van der Waals surface area contributed by atoms with Crippen molar-refractivity contribution < 1.29 is 9.53 Å². The highest BCUT2D eigenvalue weighted by Gasteiger charge is 2.31. The molecule has 0 saturated carbocycles. The third kappa shape index (κ3) is 4.28. The number of rotatable bonds is 6. The van der Waals surface area contributed by atoms with E-state index in [1.165, 1.54) is 12.8 Å². The van der Waals surface area contributed by atoms with E-state index in [1.807, 2.05) is 0 Å². The number of esters is 1. The molecule has 1 fully saturated rings. The third-order valence-corrected chi connectivity index (χ3v) is 3.64. The minimum absolute atomic E-state index is 0.286. The molecule has 1 heterocycles. The molecule has 2 unspecified atom stereocenters. The van der Waals surface area contributed by atoms with Crippen molar-refractivity contribution in [3.8, 4) is 0 Å². The predicted molar refractivity (Wildman–Crippen MR) is 68.7 cm³/mol. The summed E-state index contributed by atoms with van der Waals surface area (Å²) in [7, 11) is 0. The number of carbonyl (C=O) groups excluding carboxylic acids is 1. The van der Waals surface area contributed by atoms with E-state index >= 15 is 0 Å². The van der Waals surface area contributed by atoms with Gasteiger partial charge in [0.1, 0.15) is 5.54 Å². The van der Waals surface area contributed by atoms with Crippen molar-refractivity contribution in [3.63, 3.8) is 0 Å². The van der Waals surface area contributed by atoms with E-state index in [4.69, 9.17) is 10.5 Å². The van der Waals surface area contributed by atoms with E-state index in [9.17, 15) is 4.79 Å². The van der Waals surface area contributed by atoms with Gasteiger partial charge in [-0.1, -0.05) is 13.3 Å². The first-order valence-electron chi connectivity index (χ1n) is 6.68. The van der Waals surface area contributed by atoms with Crippen molar-refractivity contribution in [3.05, 3.63) is 0 Å². The van der Waals surface area contributed by atoms with Gasteiger partial charge in [0.05, 0.1) is 6.61 Å². The number of carbonyl (C=O) groups is 1. The maximum Gasteiger partial charge on any atom is 0.325 e. The second-order valence-electron chi connectivity index (χ2n) is 5.25. The smallest absolute Gasteiger partial charge is 0.325 e. The van der Waals surface area contributed by atoms with Crippen LogP contribution in [0, 0.1) is 5.92 Å². The Morgan fingerprint density at radius 2 is 2.24 bits per heavy atom. The Kier molecular flexibility index (Phi) is 5.40. The fourth-order valence-electron chi connectivity index (χ4n) is 2.24. The Bertz CT molecular complexity index is 254. The second kappa shape index (κ2) is 6.36. The van der Waals surface area contributed by atoms with Crippen LogP contribution in [0.25, 0.3) is 0 Å². The van der Waals surface area contributed by atoms with Gasteiger partial charge in [-0.05, 0) is 39.2 Å². The molecule has 0 aromatic carbocycles. The Morgan fingerprint density at radius 3 is 2.76 bits per heavy atom. The highest BCUT2D eigenvalue weighted by atomic mass is 16.5. The molecule has 1 aliphatic heterocycles. The van der Waals surface area contributed by atoms with Crippen molar-refractivity contribution in [2.75, 3.05) is 26.2 Å². The van der Waals surface area contributed by atoms with Crippen LogP contribution in [0.2, 0.25) is 0 Å². The second-order valence-corrected chi connectivity index (χ2v) is 5.25. The quantitative estimate of drug-likeness (QED) is 0.715. The standard InChI is InChI=1S/C13H26N2O2/c1-4-11-6-8-15(10-11)9-7-13(3,14)12(16)17-5-2/h11H,4-10,14H2,1-3H3. The average molecular weight is 242 g/mol. The Hall–Kier alpha value is -0.610. The van der Waals surface area contributed by atoms with Crippen molar-refractivity contribution >= 4 is 5.97 Å². The maximum atomic E-state index is 11.6. The zero-order chi connectivity index (χ0) is 12.9. The first-order valence-corrected chi connectivity index (χ1v) is 6.68. The first-order chi connectivity index (χ1) is 7.99. The molecule has 0 aliphatic carbocycles. The summed E-state index contributed by atoms with van der Waals surface area (Å²) in [5.74, 6) is 0.535. The summed E-state index contributed by atoms with van der Waals surface area (Å²) in [6.45, 7) is 9.38. The largest absolute Gasteiger partial charge is 0.465 e. The molecule has 2 N–H and O–H groups in total. The normalized spacial score (nSPS) is 24.6. The number of hydrogen-bond acceptors (Lipinski definition) is 4. The molecular formula is C13H26N2O2. The summed E-state index contributed by atoms with van der Waals surface area (Å²) < 4.78 is 4.98. The predicted octanol–water partition coefficient (Wildman–Crippen LogP) is 1.39. The van der Waals surface area contributed by atoms with Crippen molar-refractivity contribution in [2.45, 2.75) is 45.6 Å². The van der Waals surface area contributed by atoms with Crippen LogP contribution in [0.5, 0.6) is 0 Å². The van der Waals surface area contributed by atoms with Crippen LogP contribution >= 0.6 is 0 Å². The van der Waals surface area contributed by atoms with Gasteiger partial charge in [0.15, 0.2) is 0 Å². The van der Waals surface area contributed by atoms with Gasteiger partial charge in [-0.15, -0.1) is 0 Å². The van der Waals surface area contributed by atoms with Crippen molar-refractivity contribution in [1.29, 1.82) is 0 Å². The van der Waals surface area contributed by atoms with E-state index in [0.29, 0.717) is 13.0 Å². The molecule has 4 nitrogen and oxygen atoms in total. The molecule has 0 aromatic heterocycles. The van der Waals surface area contributed by atoms with Gasteiger partial charge >= 0.3 is 5.97 Å². The minimum Gasteiger partial charge on any atom is -0.465 e. The Morgan fingerprint density at radius 1 is 1.53 bits per heavy atom. The highest BCUT2D eigenvalue weighted by Crippen LogP contribution is 2.20. The molecule has 0 spiro atoms. The summed E-state index contributed by atoms with van der Waals surface area (Å²) in [4.78, 5) is 14.0. The molecule has 1 rings (SSSR count). The van der Waals surface area contributed by atoms with Gasteiger partial charge in [0.2, 0.25) is 0 Å². The van der Waals surface area contributed by atoms with Gasteiger partial charge in [0, 0.05) is 13.1 Å². The summed E-state index contributed by atoms with van der Waals surface area (Å²) in [5.41, 5.74) is 5.14. The lowest BCUT2D eigenvalue weighted by atomic mass is 9.99. The van der Waals surface area contributed by atoms with E-state index in [1.54, 1.807) is 13.8 Å². The Balaban J connectivity index is 2.32. The SMILES string of the molecule is CCOC(=O)C(C)(N)CCN1CCC(CC)C1. The minimum atomic E-state index is -0.847.